The molecular formula is C12H15ClN2O. The van der Waals surface area contributed by atoms with Crippen molar-refractivity contribution in [3.63, 3.8) is 0 Å². The Morgan fingerprint density at radius 2 is 2.25 bits per heavy atom. The Kier molecular flexibility index (Phi) is 3.17. The number of carbonyl (C=O) groups is 1. The van der Waals surface area contributed by atoms with E-state index in [0.29, 0.717) is 5.02 Å². The van der Waals surface area contributed by atoms with Crippen LogP contribution in [0.5, 0.6) is 0 Å². The lowest BCUT2D eigenvalue weighted by atomic mass is 10.1. The highest BCUT2D eigenvalue weighted by Gasteiger charge is 2.36. The lowest BCUT2D eigenvalue weighted by Gasteiger charge is -2.12. The molecule has 0 saturated heterocycles. The minimum absolute atomic E-state index is 0.0663. The fourth-order valence-electron chi connectivity index (χ4n) is 2.02. The summed E-state index contributed by atoms with van der Waals surface area (Å²) < 4.78 is 0. The number of halogens is 1. The van der Waals surface area contributed by atoms with Gasteiger partial charge in [-0.1, -0.05) is 24.6 Å². The summed E-state index contributed by atoms with van der Waals surface area (Å²) in [4.78, 5) is 13.7. The fraction of sp³-hybridized carbons (Fsp3) is 0.417. The quantitative estimate of drug-likeness (QED) is 0.877. The van der Waals surface area contributed by atoms with Gasteiger partial charge in [-0.25, -0.2) is 0 Å². The summed E-state index contributed by atoms with van der Waals surface area (Å²) in [6.45, 7) is 2.89. The number of fused-ring (bicyclic) bond motifs is 1. The van der Waals surface area contributed by atoms with Crippen LogP contribution in [0.3, 0.4) is 0 Å². The maximum atomic E-state index is 12.0. The van der Waals surface area contributed by atoms with Crippen LogP contribution in [0, 0.1) is 0 Å². The summed E-state index contributed by atoms with van der Waals surface area (Å²) in [5.74, 6) is 0.0663. The second-order valence-corrected chi connectivity index (χ2v) is 4.36. The van der Waals surface area contributed by atoms with Crippen molar-refractivity contribution in [3.8, 4) is 0 Å². The maximum absolute atomic E-state index is 12.0. The number of nitrogens with one attached hydrogen (secondary N) is 1. The van der Waals surface area contributed by atoms with Gasteiger partial charge in [0.1, 0.15) is 6.04 Å². The first kappa shape index (κ1) is 11.4. The molecule has 2 rings (SSSR count). The predicted molar refractivity (Wildman–Crippen MR) is 65.9 cm³/mol. The van der Waals surface area contributed by atoms with E-state index in [1.54, 1.807) is 11.9 Å². The Morgan fingerprint density at radius 3 is 2.94 bits per heavy atom. The summed E-state index contributed by atoms with van der Waals surface area (Å²) in [6, 6.07) is 5.33. The van der Waals surface area contributed by atoms with Crippen molar-refractivity contribution in [3.05, 3.63) is 28.8 Å². The van der Waals surface area contributed by atoms with Crippen LogP contribution in [0.25, 0.3) is 0 Å². The van der Waals surface area contributed by atoms with Gasteiger partial charge >= 0.3 is 0 Å². The second-order valence-electron chi connectivity index (χ2n) is 3.96. The average molecular weight is 239 g/mol. The van der Waals surface area contributed by atoms with Crippen LogP contribution in [0.1, 0.15) is 24.9 Å². The highest BCUT2D eigenvalue weighted by molar-refractivity contribution is 6.32. The Hall–Kier alpha value is -1.06. The number of likely N-dealkylation sites (N-methyl/N-ethyl adjacent to an activating group) is 1. The normalized spacial score (nSPS) is 19.1. The molecule has 3 nitrogen and oxygen atoms in total. The van der Waals surface area contributed by atoms with Crippen LogP contribution >= 0.6 is 11.6 Å². The molecular weight excluding hydrogens is 224 g/mol. The van der Waals surface area contributed by atoms with Gasteiger partial charge in [0.05, 0.1) is 5.69 Å². The highest BCUT2D eigenvalue weighted by Crippen LogP contribution is 2.39. The largest absolute Gasteiger partial charge is 0.313 e. The molecule has 1 heterocycles. The molecule has 1 aliphatic heterocycles. The lowest BCUT2D eigenvalue weighted by molar-refractivity contribution is -0.119. The number of nitrogens with zero attached hydrogens (tertiary/aromatic N) is 1. The Balaban J connectivity index is 2.39. The number of hydrogen-bond acceptors (Lipinski definition) is 2. The molecule has 0 fully saturated rings. The molecule has 86 valence electrons. The van der Waals surface area contributed by atoms with Crippen LogP contribution in [-0.2, 0) is 4.79 Å². The molecule has 0 aliphatic carbocycles. The van der Waals surface area contributed by atoms with E-state index in [1.165, 1.54) is 0 Å². The molecule has 16 heavy (non-hydrogen) atoms. The van der Waals surface area contributed by atoms with Crippen molar-refractivity contribution >= 4 is 23.2 Å². The molecule has 0 aromatic heterocycles. The number of hydrogen-bond donors (Lipinski definition) is 1. The van der Waals surface area contributed by atoms with Gasteiger partial charge in [-0.3, -0.25) is 4.79 Å². The molecule has 0 spiro atoms. The lowest BCUT2D eigenvalue weighted by Crippen LogP contribution is -2.32. The van der Waals surface area contributed by atoms with Crippen molar-refractivity contribution in [2.24, 2.45) is 0 Å². The van der Waals surface area contributed by atoms with Crippen LogP contribution < -0.4 is 10.2 Å². The SMILES string of the molecule is CCCNC1C(=O)N(C)c2cccc(Cl)c21. The van der Waals surface area contributed by atoms with Gasteiger partial charge in [-0.15, -0.1) is 0 Å². The number of anilines is 1. The Bertz CT molecular complexity index is 419. The summed E-state index contributed by atoms with van der Waals surface area (Å²) in [7, 11) is 1.78. The number of benzene rings is 1. The van der Waals surface area contributed by atoms with Crippen molar-refractivity contribution in [1.82, 2.24) is 5.32 Å². The van der Waals surface area contributed by atoms with Crippen molar-refractivity contribution < 1.29 is 4.79 Å². The van der Waals surface area contributed by atoms with Crippen LogP contribution in [-0.4, -0.2) is 19.5 Å². The van der Waals surface area contributed by atoms with Gasteiger partial charge in [0, 0.05) is 17.6 Å². The first-order chi connectivity index (χ1) is 7.66. The van der Waals surface area contributed by atoms with E-state index in [-0.39, 0.29) is 11.9 Å². The minimum atomic E-state index is -0.284. The van der Waals surface area contributed by atoms with E-state index >= 15 is 0 Å². The molecule has 0 bridgehead atoms. The zero-order valence-corrected chi connectivity index (χ0v) is 10.2. The Morgan fingerprint density at radius 1 is 1.50 bits per heavy atom. The van der Waals surface area contributed by atoms with Gasteiger partial charge < -0.3 is 10.2 Å². The van der Waals surface area contributed by atoms with Gasteiger partial charge in [-0.2, -0.15) is 0 Å². The van der Waals surface area contributed by atoms with Gasteiger partial charge in [0.25, 0.3) is 0 Å². The molecule has 1 aromatic carbocycles. The van der Waals surface area contributed by atoms with Crippen molar-refractivity contribution in [2.75, 3.05) is 18.5 Å². The molecule has 1 aliphatic rings. The summed E-state index contributed by atoms with van der Waals surface area (Å²) in [5, 5.41) is 3.89. The number of carbonyl (C=O) groups excluding carboxylic acids is 1. The molecule has 1 N–H and O–H groups in total. The molecule has 1 amide bonds. The Labute approximate surface area is 100 Å². The highest BCUT2D eigenvalue weighted by atomic mass is 35.5. The van der Waals surface area contributed by atoms with Gasteiger partial charge in [0.2, 0.25) is 5.91 Å². The third-order valence-electron chi connectivity index (χ3n) is 2.86. The van der Waals surface area contributed by atoms with Crippen molar-refractivity contribution in [2.45, 2.75) is 19.4 Å². The first-order valence-corrected chi connectivity index (χ1v) is 5.84. The molecule has 1 atom stereocenters. The fourth-order valence-corrected chi connectivity index (χ4v) is 2.30. The van der Waals surface area contributed by atoms with Gasteiger partial charge in [-0.05, 0) is 25.1 Å². The molecule has 0 radical (unpaired) electrons. The van der Waals surface area contributed by atoms with E-state index < -0.39 is 0 Å². The molecule has 0 saturated carbocycles. The van der Waals surface area contributed by atoms with E-state index in [0.717, 1.165) is 24.2 Å². The summed E-state index contributed by atoms with van der Waals surface area (Å²) in [6.07, 6.45) is 0.993. The van der Waals surface area contributed by atoms with E-state index in [2.05, 4.69) is 12.2 Å². The standard InChI is InChI=1S/C12H15ClN2O/c1-3-7-14-11-10-8(13)5-4-6-9(10)15(2)12(11)16/h4-6,11,14H,3,7H2,1-2H3. The molecule has 4 heteroatoms. The first-order valence-electron chi connectivity index (χ1n) is 5.46. The molecule has 1 unspecified atom stereocenters. The topological polar surface area (TPSA) is 32.3 Å². The van der Waals surface area contributed by atoms with E-state index in [1.807, 2.05) is 18.2 Å². The van der Waals surface area contributed by atoms with Crippen LogP contribution in [0.4, 0.5) is 5.69 Å². The number of rotatable bonds is 3. The van der Waals surface area contributed by atoms with Crippen LogP contribution in [0.2, 0.25) is 5.02 Å². The monoisotopic (exact) mass is 238 g/mol. The average Bonchev–Trinajstić information content (AvgIpc) is 2.52. The number of amides is 1. The summed E-state index contributed by atoms with van der Waals surface area (Å²) in [5.41, 5.74) is 1.82. The maximum Gasteiger partial charge on any atom is 0.248 e. The minimum Gasteiger partial charge on any atom is -0.313 e. The zero-order valence-electron chi connectivity index (χ0n) is 9.46. The molecule has 1 aromatic rings. The zero-order chi connectivity index (χ0) is 11.7. The summed E-state index contributed by atoms with van der Waals surface area (Å²) >= 11 is 6.16. The van der Waals surface area contributed by atoms with E-state index in [4.69, 9.17) is 11.6 Å². The van der Waals surface area contributed by atoms with Gasteiger partial charge in [0.15, 0.2) is 0 Å². The van der Waals surface area contributed by atoms with E-state index in [9.17, 15) is 4.79 Å². The van der Waals surface area contributed by atoms with Crippen molar-refractivity contribution in [1.29, 1.82) is 0 Å². The second kappa shape index (κ2) is 4.44. The third kappa shape index (κ3) is 1.70. The smallest absolute Gasteiger partial charge is 0.248 e. The van der Waals surface area contributed by atoms with Crippen LogP contribution in [0.15, 0.2) is 18.2 Å². The predicted octanol–water partition coefficient (Wildman–Crippen LogP) is 2.36. The third-order valence-corrected chi connectivity index (χ3v) is 3.19.